The van der Waals surface area contributed by atoms with Gasteiger partial charge in [-0.25, -0.2) is 8.42 Å². The number of sulfonamides is 1. The van der Waals surface area contributed by atoms with Crippen molar-refractivity contribution in [2.45, 2.75) is 64.5 Å². The second kappa shape index (κ2) is 8.15. The van der Waals surface area contributed by atoms with E-state index in [9.17, 15) is 13.2 Å². The van der Waals surface area contributed by atoms with Crippen LogP contribution in [0.3, 0.4) is 0 Å². The minimum atomic E-state index is -3.46. The Bertz CT molecular complexity index is 1110. The van der Waals surface area contributed by atoms with Gasteiger partial charge in [0, 0.05) is 11.1 Å². The Balaban J connectivity index is 1.32. The van der Waals surface area contributed by atoms with Crippen LogP contribution in [0.15, 0.2) is 42.5 Å². The molecule has 0 aromatic heterocycles. The van der Waals surface area contributed by atoms with Crippen molar-refractivity contribution in [3.05, 3.63) is 64.7 Å². The summed E-state index contributed by atoms with van der Waals surface area (Å²) in [5, 5.41) is 3.42. The first kappa shape index (κ1) is 22.5. The minimum absolute atomic E-state index is 0.00165. The van der Waals surface area contributed by atoms with Gasteiger partial charge in [-0.1, -0.05) is 30.3 Å². The maximum atomic E-state index is 13.1. The van der Waals surface area contributed by atoms with Crippen molar-refractivity contribution >= 4 is 21.6 Å². The number of para-hydroxylation sites is 1. The zero-order valence-corrected chi connectivity index (χ0v) is 20.6. The first-order chi connectivity index (χ1) is 15.6. The van der Waals surface area contributed by atoms with Gasteiger partial charge in [0.05, 0.1) is 18.5 Å². The summed E-state index contributed by atoms with van der Waals surface area (Å²) in [6, 6.07) is 13.2. The van der Waals surface area contributed by atoms with Gasteiger partial charge in [0.2, 0.25) is 10.0 Å². The molecule has 6 heteroatoms. The zero-order valence-electron chi connectivity index (χ0n) is 19.8. The van der Waals surface area contributed by atoms with Crippen LogP contribution in [0, 0.1) is 31.6 Å². The maximum Gasteiger partial charge on any atom is 0.251 e. The third-order valence-electron chi connectivity index (χ3n) is 8.05. The standard InChI is InChI=1S/C27H34N2O3S/c1-18-5-4-6-19(2)25(18)29(33(3,31)32)17-20-7-9-24(10-8-20)26(30)28-27-14-21-11-22(15-27)13-23(12-21)16-27/h4-10,21-23H,11-17H2,1-3H3,(H,28,30). The Morgan fingerprint density at radius 1 is 0.939 bits per heavy atom. The van der Waals surface area contributed by atoms with Gasteiger partial charge in [0.1, 0.15) is 0 Å². The Morgan fingerprint density at radius 2 is 1.45 bits per heavy atom. The number of nitrogens with zero attached hydrogens (tertiary/aromatic N) is 1. The molecule has 0 radical (unpaired) electrons. The second-order valence-corrected chi connectivity index (χ2v) is 12.8. The molecule has 4 aliphatic carbocycles. The molecule has 4 fully saturated rings. The molecular weight excluding hydrogens is 432 g/mol. The number of hydrogen-bond acceptors (Lipinski definition) is 3. The first-order valence-corrected chi connectivity index (χ1v) is 13.9. The average Bonchev–Trinajstić information content (AvgIpc) is 2.71. The van der Waals surface area contributed by atoms with Crippen LogP contribution in [-0.2, 0) is 16.6 Å². The number of benzene rings is 2. The van der Waals surface area contributed by atoms with Crippen LogP contribution in [0.25, 0.3) is 0 Å². The van der Waals surface area contributed by atoms with E-state index in [1.807, 2.05) is 56.3 Å². The summed E-state index contributed by atoms with van der Waals surface area (Å²) in [6.45, 7) is 4.10. The maximum absolute atomic E-state index is 13.1. The largest absolute Gasteiger partial charge is 0.347 e. The van der Waals surface area contributed by atoms with Crippen LogP contribution in [0.5, 0.6) is 0 Å². The van der Waals surface area contributed by atoms with Crippen LogP contribution in [-0.4, -0.2) is 26.1 Å². The average molecular weight is 467 g/mol. The van der Waals surface area contributed by atoms with Crippen LogP contribution >= 0.6 is 0 Å². The van der Waals surface area contributed by atoms with Crippen LogP contribution in [0.4, 0.5) is 5.69 Å². The van der Waals surface area contributed by atoms with Gasteiger partial charge in [-0.3, -0.25) is 9.10 Å². The Kier molecular flexibility index (Phi) is 5.55. The smallest absolute Gasteiger partial charge is 0.251 e. The van der Waals surface area contributed by atoms with E-state index in [1.54, 1.807) is 0 Å². The summed E-state index contributed by atoms with van der Waals surface area (Å²) in [7, 11) is -3.46. The fourth-order valence-electron chi connectivity index (χ4n) is 7.07. The van der Waals surface area contributed by atoms with Gasteiger partial charge >= 0.3 is 0 Å². The SMILES string of the molecule is Cc1cccc(C)c1N(Cc1ccc(C(=O)NC23CC4CC(CC(C4)C2)C3)cc1)S(C)(=O)=O. The molecular formula is C27H34N2O3S. The number of amides is 1. The molecule has 4 aliphatic rings. The van der Waals surface area contributed by atoms with Gasteiger partial charge < -0.3 is 5.32 Å². The van der Waals surface area contributed by atoms with Crippen molar-refractivity contribution < 1.29 is 13.2 Å². The monoisotopic (exact) mass is 466 g/mol. The first-order valence-electron chi connectivity index (χ1n) is 12.1. The lowest BCUT2D eigenvalue weighted by atomic mass is 9.53. The van der Waals surface area contributed by atoms with Crippen molar-refractivity contribution in [2.75, 3.05) is 10.6 Å². The summed E-state index contributed by atoms with van der Waals surface area (Å²) in [5.74, 6) is 2.35. The summed E-state index contributed by atoms with van der Waals surface area (Å²) >= 11 is 0. The Labute approximate surface area is 197 Å². The number of nitrogens with one attached hydrogen (secondary N) is 1. The Morgan fingerprint density at radius 3 is 1.94 bits per heavy atom. The van der Waals surface area contributed by atoms with Crippen molar-refractivity contribution in [1.82, 2.24) is 5.32 Å². The lowest BCUT2D eigenvalue weighted by Crippen LogP contribution is -2.59. The molecule has 4 bridgehead atoms. The van der Waals surface area contributed by atoms with E-state index in [-0.39, 0.29) is 18.0 Å². The topological polar surface area (TPSA) is 66.5 Å². The van der Waals surface area contributed by atoms with Crippen molar-refractivity contribution in [2.24, 2.45) is 17.8 Å². The van der Waals surface area contributed by atoms with E-state index in [0.717, 1.165) is 59.4 Å². The highest BCUT2D eigenvalue weighted by Gasteiger charge is 2.51. The lowest BCUT2D eigenvalue weighted by molar-refractivity contribution is -0.0167. The summed E-state index contributed by atoms with van der Waals surface area (Å²) in [6.07, 6.45) is 8.67. The molecule has 0 saturated heterocycles. The molecule has 1 amide bonds. The molecule has 176 valence electrons. The van der Waals surface area contributed by atoms with Gasteiger partial charge in [0.25, 0.3) is 5.91 Å². The van der Waals surface area contributed by atoms with Crippen LogP contribution < -0.4 is 9.62 Å². The van der Waals surface area contributed by atoms with E-state index >= 15 is 0 Å². The van der Waals surface area contributed by atoms with E-state index in [1.165, 1.54) is 29.8 Å². The van der Waals surface area contributed by atoms with Gasteiger partial charge in [-0.05, 0) is 98.9 Å². The molecule has 1 N–H and O–H groups in total. The van der Waals surface area contributed by atoms with Crippen molar-refractivity contribution in [3.8, 4) is 0 Å². The fraction of sp³-hybridized carbons (Fsp3) is 0.519. The highest BCUT2D eigenvalue weighted by molar-refractivity contribution is 7.92. The van der Waals surface area contributed by atoms with E-state index < -0.39 is 10.0 Å². The zero-order chi connectivity index (χ0) is 23.4. The molecule has 0 heterocycles. The number of carbonyl (C=O) groups is 1. The highest BCUT2D eigenvalue weighted by atomic mass is 32.2. The quantitative estimate of drug-likeness (QED) is 0.654. The van der Waals surface area contributed by atoms with Gasteiger partial charge in [-0.2, -0.15) is 0 Å². The van der Waals surface area contributed by atoms with E-state index in [0.29, 0.717) is 5.56 Å². The van der Waals surface area contributed by atoms with E-state index in [2.05, 4.69) is 5.32 Å². The Hall–Kier alpha value is -2.34. The number of rotatable bonds is 6. The third kappa shape index (κ3) is 4.42. The van der Waals surface area contributed by atoms with Crippen LogP contribution in [0.1, 0.15) is 65.6 Å². The summed E-state index contributed by atoms with van der Waals surface area (Å²) < 4.78 is 26.7. The molecule has 4 saturated carbocycles. The van der Waals surface area contributed by atoms with Gasteiger partial charge in [-0.15, -0.1) is 0 Å². The van der Waals surface area contributed by atoms with E-state index in [4.69, 9.17) is 0 Å². The van der Waals surface area contributed by atoms with Crippen LogP contribution in [0.2, 0.25) is 0 Å². The number of anilines is 1. The predicted molar refractivity (Wildman–Crippen MR) is 132 cm³/mol. The molecule has 33 heavy (non-hydrogen) atoms. The summed E-state index contributed by atoms with van der Waals surface area (Å²) in [4.78, 5) is 13.1. The predicted octanol–water partition coefficient (Wildman–Crippen LogP) is 4.97. The molecule has 2 aromatic carbocycles. The van der Waals surface area contributed by atoms with Crippen molar-refractivity contribution in [3.63, 3.8) is 0 Å². The fourth-order valence-corrected chi connectivity index (χ4v) is 8.07. The minimum Gasteiger partial charge on any atom is -0.347 e. The van der Waals surface area contributed by atoms with Gasteiger partial charge in [0.15, 0.2) is 0 Å². The normalized spacial score (nSPS) is 28.0. The second-order valence-electron chi connectivity index (χ2n) is 10.9. The molecule has 0 spiro atoms. The molecule has 6 rings (SSSR count). The number of aryl methyl sites for hydroxylation is 2. The third-order valence-corrected chi connectivity index (χ3v) is 9.16. The molecule has 0 unspecified atom stereocenters. The molecule has 5 nitrogen and oxygen atoms in total. The number of carbonyl (C=O) groups excluding carboxylic acids is 1. The molecule has 0 atom stereocenters. The summed E-state index contributed by atoms with van der Waals surface area (Å²) in [5.41, 5.74) is 4.06. The molecule has 0 aliphatic heterocycles. The lowest BCUT2D eigenvalue weighted by Gasteiger charge is -2.56. The number of hydrogen-bond donors (Lipinski definition) is 1. The highest BCUT2D eigenvalue weighted by Crippen LogP contribution is 2.55. The molecule has 2 aromatic rings. The van der Waals surface area contributed by atoms with Crippen molar-refractivity contribution in [1.29, 1.82) is 0 Å².